The number of hydrazone groups is 1. The standard InChI is InChI=1S/C12H14ClN3OS/c1-3-6-14-12(18)16-15-8(2)10-7-9(13)4-5-11(10)17/h3-5,7,17H,1,6H2,2H3,(H2,14,16,18)/b15-8+. The lowest BCUT2D eigenvalue weighted by Crippen LogP contribution is -2.32. The predicted molar refractivity (Wildman–Crippen MR) is 79.3 cm³/mol. The summed E-state index contributed by atoms with van der Waals surface area (Å²) in [7, 11) is 0. The molecular formula is C12H14ClN3OS. The van der Waals surface area contributed by atoms with Gasteiger partial charge < -0.3 is 10.4 Å². The normalized spacial score (nSPS) is 10.9. The van der Waals surface area contributed by atoms with Crippen LogP contribution in [0.1, 0.15) is 12.5 Å². The minimum Gasteiger partial charge on any atom is -0.507 e. The summed E-state index contributed by atoms with van der Waals surface area (Å²) in [6, 6.07) is 4.76. The van der Waals surface area contributed by atoms with Gasteiger partial charge in [0, 0.05) is 17.1 Å². The fourth-order valence-corrected chi connectivity index (χ4v) is 1.50. The number of benzene rings is 1. The first-order valence-electron chi connectivity index (χ1n) is 5.22. The van der Waals surface area contributed by atoms with Crippen LogP contribution in [0.15, 0.2) is 36.0 Å². The lowest BCUT2D eigenvalue weighted by molar-refractivity contribution is 0.474. The number of nitrogens with one attached hydrogen (secondary N) is 2. The van der Waals surface area contributed by atoms with Crippen molar-refractivity contribution in [2.75, 3.05) is 6.54 Å². The van der Waals surface area contributed by atoms with Gasteiger partial charge in [-0.1, -0.05) is 17.7 Å². The van der Waals surface area contributed by atoms with Crippen molar-refractivity contribution in [3.05, 3.63) is 41.4 Å². The zero-order valence-corrected chi connectivity index (χ0v) is 11.5. The fourth-order valence-electron chi connectivity index (χ4n) is 1.20. The Bertz CT molecular complexity index is 488. The second-order valence-corrected chi connectivity index (χ2v) is 4.31. The smallest absolute Gasteiger partial charge is 0.187 e. The first-order valence-corrected chi connectivity index (χ1v) is 6.01. The molecule has 0 unspecified atom stereocenters. The third-order valence-electron chi connectivity index (χ3n) is 2.08. The van der Waals surface area contributed by atoms with Gasteiger partial charge in [0.05, 0.1) is 5.71 Å². The van der Waals surface area contributed by atoms with Gasteiger partial charge in [0.25, 0.3) is 0 Å². The zero-order chi connectivity index (χ0) is 13.5. The van der Waals surface area contributed by atoms with Crippen molar-refractivity contribution < 1.29 is 5.11 Å². The molecule has 96 valence electrons. The van der Waals surface area contributed by atoms with Gasteiger partial charge in [0.15, 0.2) is 5.11 Å². The number of hydrogen-bond acceptors (Lipinski definition) is 3. The van der Waals surface area contributed by atoms with Crippen molar-refractivity contribution in [3.63, 3.8) is 0 Å². The van der Waals surface area contributed by atoms with Crippen LogP contribution in [0.2, 0.25) is 5.02 Å². The van der Waals surface area contributed by atoms with Crippen LogP contribution in [0, 0.1) is 0 Å². The molecule has 1 aromatic rings. The highest BCUT2D eigenvalue weighted by atomic mass is 35.5. The van der Waals surface area contributed by atoms with E-state index in [1.165, 1.54) is 6.07 Å². The molecule has 0 saturated heterocycles. The molecule has 1 rings (SSSR count). The monoisotopic (exact) mass is 283 g/mol. The summed E-state index contributed by atoms with van der Waals surface area (Å²) in [5, 5.41) is 17.5. The fraction of sp³-hybridized carbons (Fsp3) is 0.167. The molecule has 0 fully saturated rings. The van der Waals surface area contributed by atoms with Crippen molar-refractivity contribution in [2.45, 2.75) is 6.92 Å². The molecular weight excluding hydrogens is 270 g/mol. The van der Waals surface area contributed by atoms with Crippen molar-refractivity contribution in [3.8, 4) is 5.75 Å². The van der Waals surface area contributed by atoms with E-state index in [4.69, 9.17) is 23.8 Å². The summed E-state index contributed by atoms with van der Waals surface area (Å²) in [5.41, 5.74) is 3.81. The van der Waals surface area contributed by atoms with Crippen molar-refractivity contribution in [1.82, 2.24) is 10.7 Å². The summed E-state index contributed by atoms with van der Waals surface area (Å²) in [6.07, 6.45) is 1.69. The van der Waals surface area contributed by atoms with Crippen LogP contribution in [-0.4, -0.2) is 22.5 Å². The van der Waals surface area contributed by atoms with Gasteiger partial charge >= 0.3 is 0 Å². The second-order valence-electron chi connectivity index (χ2n) is 3.47. The molecule has 0 saturated carbocycles. The van der Waals surface area contributed by atoms with Crippen LogP contribution in [0.4, 0.5) is 0 Å². The SMILES string of the molecule is C=CCNC(=S)N/N=C(\C)c1cc(Cl)ccc1O. The predicted octanol–water partition coefficient (Wildman–Crippen LogP) is 2.42. The molecule has 0 radical (unpaired) electrons. The highest BCUT2D eigenvalue weighted by molar-refractivity contribution is 7.80. The Labute approximate surface area is 116 Å². The first-order chi connectivity index (χ1) is 8.54. The highest BCUT2D eigenvalue weighted by Gasteiger charge is 2.05. The Kier molecular flexibility index (Phi) is 5.61. The van der Waals surface area contributed by atoms with Crippen LogP contribution < -0.4 is 10.7 Å². The number of phenolic OH excluding ortho intramolecular Hbond substituents is 1. The summed E-state index contributed by atoms with van der Waals surface area (Å²) in [6.45, 7) is 5.87. The summed E-state index contributed by atoms with van der Waals surface area (Å²) in [4.78, 5) is 0. The molecule has 6 heteroatoms. The average Bonchev–Trinajstić information content (AvgIpc) is 2.36. The van der Waals surface area contributed by atoms with E-state index in [1.54, 1.807) is 25.1 Å². The van der Waals surface area contributed by atoms with E-state index in [9.17, 15) is 5.11 Å². The topological polar surface area (TPSA) is 56.7 Å². The van der Waals surface area contributed by atoms with Crippen LogP contribution in [0.5, 0.6) is 5.75 Å². The molecule has 4 nitrogen and oxygen atoms in total. The van der Waals surface area contributed by atoms with Crippen molar-refractivity contribution >= 4 is 34.6 Å². The number of halogens is 1. The number of phenols is 1. The molecule has 0 aliphatic carbocycles. The number of rotatable bonds is 4. The van der Waals surface area contributed by atoms with E-state index in [0.717, 1.165) is 0 Å². The summed E-state index contributed by atoms with van der Waals surface area (Å²) in [5.74, 6) is 0.118. The lowest BCUT2D eigenvalue weighted by atomic mass is 10.1. The third-order valence-corrected chi connectivity index (χ3v) is 2.55. The van der Waals surface area contributed by atoms with Crippen LogP contribution in [0.3, 0.4) is 0 Å². The van der Waals surface area contributed by atoms with Gasteiger partial charge in [-0.3, -0.25) is 5.43 Å². The van der Waals surface area contributed by atoms with Crippen LogP contribution >= 0.6 is 23.8 Å². The molecule has 18 heavy (non-hydrogen) atoms. The first kappa shape index (κ1) is 14.5. The second kappa shape index (κ2) is 6.98. The number of aromatic hydroxyl groups is 1. The Morgan fingerprint density at radius 3 is 3.00 bits per heavy atom. The Hall–Kier alpha value is -1.59. The molecule has 0 aliphatic heterocycles. The molecule has 0 amide bonds. The molecule has 0 aromatic heterocycles. The number of nitrogens with zero attached hydrogens (tertiary/aromatic N) is 1. The molecule has 0 aliphatic rings. The highest BCUT2D eigenvalue weighted by Crippen LogP contribution is 2.21. The zero-order valence-electron chi connectivity index (χ0n) is 9.90. The van der Waals surface area contributed by atoms with Crippen LogP contribution in [0.25, 0.3) is 0 Å². The molecule has 0 atom stereocenters. The molecule has 3 N–H and O–H groups in total. The molecule has 1 aromatic carbocycles. The van der Waals surface area contributed by atoms with E-state index in [1.807, 2.05) is 0 Å². The van der Waals surface area contributed by atoms with Crippen molar-refractivity contribution in [1.29, 1.82) is 0 Å². The van der Waals surface area contributed by atoms with Gasteiger partial charge in [-0.2, -0.15) is 5.10 Å². The minimum atomic E-state index is 0.118. The quantitative estimate of drug-likeness (QED) is 0.344. The van der Waals surface area contributed by atoms with E-state index >= 15 is 0 Å². The molecule has 0 bridgehead atoms. The van der Waals surface area contributed by atoms with E-state index in [2.05, 4.69) is 22.4 Å². The van der Waals surface area contributed by atoms with E-state index < -0.39 is 0 Å². The Balaban J connectivity index is 2.74. The van der Waals surface area contributed by atoms with Crippen molar-refractivity contribution in [2.24, 2.45) is 5.10 Å². The molecule has 0 heterocycles. The Morgan fingerprint density at radius 1 is 1.61 bits per heavy atom. The number of hydrogen-bond donors (Lipinski definition) is 3. The average molecular weight is 284 g/mol. The van der Waals surface area contributed by atoms with E-state index in [-0.39, 0.29) is 5.75 Å². The maximum Gasteiger partial charge on any atom is 0.187 e. The maximum atomic E-state index is 9.68. The minimum absolute atomic E-state index is 0.118. The van der Waals surface area contributed by atoms with Gasteiger partial charge in [0.1, 0.15) is 5.75 Å². The van der Waals surface area contributed by atoms with Gasteiger partial charge in [-0.25, -0.2) is 0 Å². The third kappa shape index (κ3) is 4.35. The molecule has 0 spiro atoms. The van der Waals surface area contributed by atoms with E-state index in [0.29, 0.717) is 28.0 Å². The van der Waals surface area contributed by atoms with Crippen LogP contribution in [-0.2, 0) is 0 Å². The summed E-state index contributed by atoms with van der Waals surface area (Å²) < 4.78 is 0. The number of thiocarbonyl (C=S) groups is 1. The van der Waals surface area contributed by atoms with Gasteiger partial charge in [-0.15, -0.1) is 6.58 Å². The van der Waals surface area contributed by atoms with Gasteiger partial charge in [0.2, 0.25) is 0 Å². The largest absolute Gasteiger partial charge is 0.507 e. The summed E-state index contributed by atoms with van der Waals surface area (Å²) >= 11 is 10.8. The van der Waals surface area contributed by atoms with Gasteiger partial charge in [-0.05, 0) is 37.3 Å². The Morgan fingerprint density at radius 2 is 2.33 bits per heavy atom. The lowest BCUT2D eigenvalue weighted by Gasteiger charge is -2.07. The maximum absolute atomic E-state index is 9.68.